The molecule has 8 heteroatoms. The maximum absolute atomic E-state index is 11.8. The summed E-state index contributed by atoms with van der Waals surface area (Å²) in [6, 6.07) is 6.64. The smallest absolute Gasteiger partial charge is 0.251 e. The average Bonchev–Trinajstić information content (AvgIpc) is 2.62. The number of carbonyl (C=O) groups is 4. The monoisotopic (exact) mass is 334 g/mol. The summed E-state index contributed by atoms with van der Waals surface area (Å²) in [5.74, 6) is -1.10. The van der Waals surface area contributed by atoms with Crippen molar-refractivity contribution < 1.29 is 19.2 Å². The van der Waals surface area contributed by atoms with E-state index in [1.165, 1.54) is 7.05 Å². The highest BCUT2D eigenvalue weighted by Gasteiger charge is 2.08. The lowest BCUT2D eigenvalue weighted by atomic mass is 10.1. The summed E-state index contributed by atoms with van der Waals surface area (Å²) >= 11 is 0. The van der Waals surface area contributed by atoms with Crippen molar-refractivity contribution in [3.8, 4) is 0 Å². The van der Waals surface area contributed by atoms with Gasteiger partial charge in [0, 0.05) is 25.6 Å². The number of hydrogen-bond acceptors (Lipinski definition) is 4. The largest absolute Gasteiger partial charge is 0.358 e. The van der Waals surface area contributed by atoms with E-state index in [0.29, 0.717) is 18.5 Å². The van der Waals surface area contributed by atoms with Gasteiger partial charge in [-0.2, -0.15) is 0 Å². The number of likely N-dealkylation sites (N-methyl/N-ethyl adjacent to an activating group) is 1. The Morgan fingerprint density at radius 2 is 1.46 bits per heavy atom. The Kier molecular flexibility index (Phi) is 7.97. The van der Waals surface area contributed by atoms with Crippen LogP contribution in [0, 0.1) is 0 Å². The molecule has 0 atom stereocenters. The van der Waals surface area contributed by atoms with E-state index >= 15 is 0 Å². The number of rotatable bonds is 8. The summed E-state index contributed by atoms with van der Waals surface area (Å²) in [6.45, 7) is 1.85. The van der Waals surface area contributed by atoms with Crippen LogP contribution in [0.2, 0.25) is 0 Å². The normalized spacial score (nSPS) is 9.75. The fraction of sp³-hybridized carbons (Fsp3) is 0.375. The maximum atomic E-state index is 11.8. The van der Waals surface area contributed by atoms with Crippen LogP contribution in [0.1, 0.15) is 29.3 Å². The molecule has 0 saturated carbocycles. The molecule has 0 fully saturated rings. The van der Waals surface area contributed by atoms with Gasteiger partial charge >= 0.3 is 0 Å². The van der Waals surface area contributed by atoms with Crippen molar-refractivity contribution in [3.63, 3.8) is 0 Å². The molecule has 8 nitrogen and oxygen atoms in total. The molecule has 1 aromatic rings. The highest BCUT2D eigenvalue weighted by atomic mass is 16.2. The fourth-order valence-corrected chi connectivity index (χ4v) is 1.69. The van der Waals surface area contributed by atoms with Crippen molar-refractivity contribution in [2.24, 2.45) is 0 Å². The predicted octanol–water partition coefficient (Wildman–Crippen LogP) is -0.695. The minimum atomic E-state index is -0.350. The Bertz CT molecular complexity index is 599. The van der Waals surface area contributed by atoms with E-state index in [4.69, 9.17) is 0 Å². The summed E-state index contributed by atoms with van der Waals surface area (Å²) < 4.78 is 0. The SMILES string of the molecule is CCC(=O)NCC(=O)NCc1ccc(C(=O)NCC(=O)NC)cc1. The first-order chi connectivity index (χ1) is 11.5. The Hall–Kier alpha value is -2.90. The second-order valence-electron chi connectivity index (χ2n) is 4.96. The predicted molar refractivity (Wildman–Crippen MR) is 88.0 cm³/mol. The zero-order valence-corrected chi connectivity index (χ0v) is 13.8. The van der Waals surface area contributed by atoms with E-state index in [1.807, 2.05) is 0 Å². The van der Waals surface area contributed by atoms with Crippen LogP contribution in [-0.2, 0) is 20.9 Å². The first kappa shape index (κ1) is 19.1. The van der Waals surface area contributed by atoms with Gasteiger partial charge in [-0.25, -0.2) is 0 Å². The molecular weight excluding hydrogens is 312 g/mol. The summed E-state index contributed by atoms with van der Waals surface area (Å²) in [7, 11) is 1.49. The Labute approximate surface area is 140 Å². The molecule has 0 spiro atoms. The minimum Gasteiger partial charge on any atom is -0.358 e. The van der Waals surface area contributed by atoms with Gasteiger partial charge in [-0.1, -0.05) is 19.1 Å². The highest BCUT2D eigenvalue weighted by molar-refractivity contribution is 5.96. The van der Waals surface area contributed by atoms with Crippen LogP contribution in [0.5, 0.6) is 0 Å². The van der Waals surface area contributed by atoms with Crippen molar-refractivity contribution in [2.45, 2.75) is 19.9 Å². The molecule has 1 rings (SSSR count). The molecule has 0 aliphatic heterocycles. The van der Waals surface area contributed by atoms with Gasteiger partial charge in [0.1, 0.15) is 0 Å². The molecule has 0 bridgehead atoms. The third-order valence-electron chi connectivity index (χ3n) is 3.16. The number of nitrogens with one attached hydrogen (secondary N) is 4. The van der Waals surface area contributed by atoms with Gasteiger partial charge in [0.05, 0.1) is 13.1 Å². The molecule has 130 valence electrons. The van der Waals surface area contributed by atoms with Crippen molar-refractivity contribution in [3.05, 3.63) is 35.4 Å². The molecule has 0 radical (unpaired) electrons. The standard InChI is InChI=1S/C16H22N4O4/c1-3-13(21)19-10-15(23)18-8-11-4-6-12(7-5-11)16(24)20-9-14(22)17-2/h4-7H,3,8-10H2,1-2H3,(H,17,22)(H,18,23)(H,19,21)(H,20,24). The summed E-state index contributed by atoms with van der Waals surface area (Å²) in [5.41, 5.74) is 1.23. The van der Waals surface area contributed by atoms with Crippen molar-refractivity contribution in [1.82, 2.24) is 21.3 Å². The van der Waals surface area contributed by atoms with E-state index in [-0.39, 0.29) is 36.7 Å². The number of carbonyl (C=O) groups excluding carboxylic acids is 4. The fourth-order valence-electron chi connectivity index (χ4n) is 1.69. The van der Waals surface area contributed by atoms with Crippen LogP contribution >= 0.6 is 0 Å². The van der Waals surface area contributed by atoms with E-state index < -0.39 is 0 Å². The summed E-state index contributed by atoms with van der Waals surface area (Å²) in [5, 5.41) is 10.1. The molecule has 0 aromatic heterocycles. The lowest BCUT2D eigenvalue weighted by molar-refractivity contribution is -0.126. The molecule has 4 N–H and O–H groups in total. The lowest BCUT2D eigenvalue weighted by Crippen LogP contribution is -2.36. The van der Waals surface area contributed by atoms with Crippen LogP contribution in [0.25, 0.3) is 0 Å². The lowest BCUT2D eigenvalue weighted by Gasteiger charge is -2.08. The topological polar surface area (TPSA) is 116 Å². The molecular formula is C16H22N4O4. The van der Waals surface area contributed by atoms with Crippen molar-refractivity contribution >= 4 is 23.6 Å². The first-order valence-electron chi connectivity index (χ1n) is 7.57. The van der Waals surface area contributed by atoms with Crippen molar-refractivity contribution in [1.29, 1.82) is 0 Å². The van der Waals surface area contributed by atoms with E-state index in [9.17, 15) is 19.2 Å². The molecule has 0 aliphatic rings. The molecule has 0 aliphatic carbocycles. The maximum Gasteiger partial charge on any atom is 0.251 e. The van der Waals surface area contributed by atoms with Gasteiger partial charge < -0.3 is 21.3 Å². The quantitative estimate of drug-likeness (QED) is 0.503. The van der Waals surface area contributed by atoms with Gasteiger partial charge in [0.2, 0.25) is 17.7 Å². The number of amides is 4. The van der Waals surface area contributed by atoms with Gasteiger partial charge in [0.25, 0.3) is 5.91 Å². The molecule has 0 saturated heterocycles. The van der Waals surface area contributed by atoms with Crippen LogP contribution in [0.3, 0.4) is 0 Å². The van der Waals surface area contributed by atoms with Gasteiger partial charge in [-0.15, -0.1) is 0 Å². The van der Waals surface area contributed by atoms with E-state index in [2.05, 4.69) is 21.3 Å². The Balaban J connectivity index is 2.41. The second-order valence-corrected chi connectivity index (χ2v) is 4.96. The first-order valence-corrected chi connectivity index (χ1v) is 7.57. The van der Waals surface area contributed by atoms with E-state index in [1.54, 1.807) is 31.2 Å². The Morgan fingerprint density at radius 3 is 2.04 bits per heavy atom. The average molecular weight is 334 g/mol. The van der Waals surface area contributed by atoms with Gasteiger partial charge in [-0.3, -0.25) is 19.2 Å². The third-order valence-corrected chi connectivity index (χ3v) is 3.16. The second kappa shape index (κ2) is 9.98. The van der Waals surface area contributed by atoms with Gasteiger partial charge in [-0.05, 0) is 17.7 Å². The van der Waals surface area contributed by atoms with Crippen molar-refractivity contribution in [2.75, 3.05) is 20.1 Å². The van der Waals surface area contributed by atoms with Crippen LogP contribution in [0.4, 0.5) is 0 Å². The highest BCUT2D eigenvalue weighted by Crippen LogP contribution is 2.04. The Morgan fingerprint density at radius 1 is 0.833 bits per heavy atom. The summed E-state index contributed by atoms with van der Waals surface area (Å²) in [6.07, 6.45) is 0.330. The molecule has 24 heavy (non-hydrogen) atoms. The van der Waals surface area contributed by atoms with Crippen LogP contribution in [-0.4, -0.2) is 43.8 Å². The van der Waals surface area contributed by atoms with Crippen LogP contribution in [0.15, 0.2) is 24.3 Å². The van der Waals surface area contributed by atoms with Gasteiger partial charge in [0.15, 0.2) is 0 Å². The number of hydrogen-bond donors (Lipinski definition) is 4. The molecule has 1 aromatic carbocycles. The third kappa shape index (κ3) is 6.91. The van der Waals surface area contributed by atoms with E-state index in [0.717, 1.165) is 5.56 Å². The minimum absolute atomic E-state index is 0.0628. The number of benzene rings is 1. The molecule has 0 heterocycles. The molecule has 4 amide bonds. The zero-order chi connectivity index (χ0) is 17.9. The summed E-state index contributed by atoms with van der Waals surface area (Å²) in [4.78, 5) is 45.5. The zero-order valence-electron chi connectivity index (χ0n) is 13.8. The molecule has 0 unspecified atom stereocenters. The van der Waals surface area contributed by atoms with Crippen LogP contribution < -0.4 is 21.3 Å².